The fourth-order valence-corrected chi connectivity index (χ4v) is 4.01. The van der Waals surface area contributed by atoms with E-state index in [4.69, 9.17) is 21.4 Å². The first-order valence-corrected chi connectivity index (χ1v) is 12.0. The highest BCUT2D eigenvalue weighted by Gasteiger charge is 2.23. The van der Waals surface area contributed by atoms with Crippen molar-refractivity contribution in [3.63, 3.8) is 0 Å². The van der Waals surface area contributed by atoms with Crippen molar-refractivity contribution in [2.75, 3.05) is 20.8 Å². The summed E-state index contributed by atoms with van der Waals surface area (Å²) >= 11 is 6.10. The normalized spacial score (nSPS) is 11.2. The molecular formula is C28H27ClN2O7. The van der Waals surface area contributed by atoms with Gasteiger partial charge in [0.15, 0.2) is 0 Å². The molecule has 0 heterocycles. The number of amides is 2. The molecule has 0 spiro atoms. The first kappa shape index (κ1) is 28.2. The second kappa shape index (κ2) is 13.3. The number of nitrogens with one attached hydrogen (secondary N) is 1. The number of carboxylic acid groups (broad SMARTS) is 1. The van der Waals surface area contributed by atoms with Crippen molar-refractivity contribution >= 4 is 35.5 Å². The third-order valence-corrected chi connectivity index (χ3v) is 6.05. The largest absolute Gasteiger partial charge is 0.480 e. The van der Waals surface area contributed by atoms with Gasteiger partial charge in [0.25, 0.3) is 5.91 Å². The number of halogens is 1. The highest BCUT2D eigenvalue weighted by molar-refractivity contribution is 6.33. The van der Waals surface area contributed by atoms with Crippen LogP contribution in [0.3, 0.4) is 0 Å². The third kappa shape index (κ3) is 7.57. The number of methoxy groups -OCH3 is 2. The summed E-state index contributed by atoms with van der Waals surface area (Å²) in [5.41, 5.74) is 3.62. The Bertz CT molecular complexity index is 1290. The average Bonchev–Trinajstić information content (AvgIpc) is 2.92. The first-order valence-electron chi connectivity index (χ1n) is 11.6. The van der Waals surface area contributed by atoms with Gasteiger partial charge in [0.05, 0.1) is 24.8 Å². The highest BCUT2D eigenvalue weighted by Crippen LogP contribution is 2.22. The molecule has 38 heavy (non-hydrogen) atoms. The summed E-state index contributed by atoms with van der Waals surface area (Å²) in [5, 5.41) is 12.0. The number of ether oxygens (including phenoxy) is 2. The third-order valence-electron chi connectivity index (χ3n) is 5.72. The number of hydrogen-bond donors (Lipinski definition) is 2. The van der Waals surface area contributed by atoms with Gasteiger partial charge >= 0.3 is 18.0 Å². The maximum absolute atomic E-state index is 12.7. The standard InChI is InChI=1S/C28H27ClN2O7/c1-37-27(35)24(30-26(34)22-5-3-4-6-23(22)29)15-18-7-11-20(12-8-18)21-13-9-19(10-14-21)16-31(17-25(32)33)28(36)38-2/h3-14,24H,15-17H2,1-2H3,(H,30,34)(H,32,33)/t24-/m0/s1. The smallest absolute Gasteiger partial charge is 0.410 e. The number of benzene rings is 3. The summed E-state index contributed by atoms with van der Waals surface area (Å²) in [7, 11) is 2.46. The quantitative estimate of drug-likeness (QED) is 0.371. The van der Waals surface area contributed by atoms with E-state index in [1.807, 2.05) is 36.4 Å². The zero-order valence-electron chi connectivity index (χ0n) is 20.8. The fraction of sp³-hybridized carbons (Fsp3) is 0.214. The molecule has 3 aromatic carbocycles. The lowest BCUT2D eigenvalue weighted by Crippen LogP contribution is -2.43. The maximum atomic E-state index is 12.7. The number of carboxylic acids is 1. The predicted molar refractivity (Wildman–Crippen MR) is 141 cm³/mol. The van der Waals surface area contributed by atoms with E-state index in [-0.39, 0.29) is 23.6 Å². The van der Waals surface area contributed by atoms with E-state index in [0.717, 1.165) is 27.2 Å². The molecule has 0 aliphatic heterocycles. The van der Waals surface area contributed by atoms with Crippen LogP contribution >= 0.6 is 11.6 Å². The molecule has 3 rings (SSSR count). The van der Waals surface area contributed by atoms with Gasteiger partial charge in [-0.05, 0) is 34.4 Å². The van der Waals surface area contributed by atoms with Gasteiger partial charge in [0.1, 0.15) is 12.6 Å². The molecule has 0 saturated heterocycles. The molecule has 3 aromatic rings. The van der Waals surface area contributed by atoms with E-state index in [0.29, 0.717) is 0 Å². The van der Waals surface area contributed by atoms with Gasteiger partial charge in [0, 0.05) is 13.0 Å². The van der Waals surface area contributed by atoms with Gasteiger partial charge in [-0.3, -0.25) is 14.5 Å². The van der Waals surface area contributed by atoms with E-state index >= 15 is 0 Å². The molecule has 0 bridgehead atoms. The Morgan fingerprint density at radius 3 is 1.97 bits per heavy atom. The van der Waals surface area contributed by atoms with Crippen LogP contribution < -0.4 is 5.32 Å². The molecule has 10 heteroatoms. The van der Waals surface area contributed by atoms with Gasteiger partial charge in [-0.2, -0.15) is 0 Å². The molecule has 0 fully saturated rings. The van der Waals surface area contributed by atoms with Crippen LogP contribution in [0.15, 0.2) is 72.8 Å². The van der Waals surface area contributed by atoms with E-state index in [1.165, 1.54) is 14.2 Å². The fourth-order valence-electron chi connectivity index (χ4n) is 3.79. The number of carbonyl (C=O) groups is 4. The minimum atomic E-state index is -1.13. The molecule has 198 valence electrons. The van der Waals surface area contributed by atoms with Gasteiger partial charge < -0.3 is 19.9 Å². The molecule has 0 aliphatic carbocycles. The van der Waals surface area contributed by atoms with Gasteiger partial charge in [-0.1, -0.05) is 72.3 Å². The Hall–Kier alpha value is -4.37. The summed E-state index contributed by atoms with van der Waals surface area (Å²) in [6.45, 7) is -0.381. The summed E-state index contributed by atoms with van der Waals surface area (Å²) in [6.07, 6.45) is -0.505. The topological polar surface area (TPSA) is 122 Å². The Morgan fingerprint density at radius 2 is 1.45 bits per heavy atom. The highest BCUT2D eigenvalue weighted by atomic mass is 35.5. The van der Waals surface area contributed by atoms with Crippen LogP contribution in [0.5, 0.6) is 0 Å². The van der Waals surface area contributed by atoms with E-state index in [9.17, 15) is 19.2 Å². The maximum Gasteiger partial charge on any atom is 0.410 e. The van der Waals surface area contributed by atoms with Crippen LogP contribution in [-0.2, 0) is 32.0 Å². The molecule has 0 aliphatic rings. The van der Waals surface area contributed by atoms with Crippen LogP contribution in [0.25, 0.3) is 11.1 Å². The summed E-state index contributed by atoms with van der Waals surface area (Å²) in [5.74, 6) is -2.18. The lowest BCUT2D eigenvalue weighted by molar-refractivity contribution is -0.143. The monoisotopic (exact) mass is 538 g/mol. The SMILES string of the molecule is COC(=O)[C@H](Cc1ccc(-c2ccc(CN(CC(=O)O)C(=O)OC)cc2)cc1)NC(=O)c1ccccc1Cl. The number of esters is 1. The van der Waals surface area contributed by atoms with Crippen molar-refractivity contribution in [1.29, 1.82) is 0 Å². The minimum absolute atomic E-state index is 0.0903. The molecule has 0 saturated carbocycles. The summed E-state index contributed by atoms with van der Waals surface area (Å²) < 4.78 is 9.53. The van der Waals surface area contributed by atoms with Gasteiger partial charge in [0.2, 0.25) is 0 Å². The Kier molecular flexibility index (Phi) is 9.84. The molecule has 9 nitrogen and oxygen atoms in total. The molecule has 0 aromatic heterocycles. The van der Waals surface area contributed by atoms with Crippen LogP contribution in [0.4, 0.5) is 4.79 Å². The lowest BCUT2D eigenvalue weighted by Gasteiger charge is -2.19. The van der Waals surface area contributed by atoms with E-state index in [1.54, 1.807) is 36.4 Å². The first-order chi connectivity index (χ1) is 18.2. The zero-order valence-corrected chi connectivity index (χ0v) is 21.6. The van der Waals surface area contributed by atoms with Crippen LogP contribution in [0, 0.1) is 0 Å². The molecule has 0 unspecified atom stereocenters. The minimum Gasteiger partial charge on any atom is -0.480 e. The predicted octanol–water partition coefficient (Wildman–Crippen LogP) is 4.17. The zero-order chi connectivity index (χ0) is 27.7. The second-order valence-corrected chi connectivity index (χ2v) is 8.75. The van der Waals surface area contributed by atoms with Crippen molar-refractivity contribution < 1.29 is 33.8 Å². The Labute approximate surface area is 224 Å². The molecule has 2 amide bonds. The van der Waals surface area contributed by atoms with Crippen LogP contribution in [0.1, 0.15) is 21.5 Å². The van der Waals surface area contributed by atoms with Crippen LogP contribution in [-0.4, -0.2) is 60.8 Å². The van der Waals surface area contributed by atoms with Crippen molar-refractivity contribution in [3.05, 3.63) is 94.5 Å². The number of nitrogens with zero attached hydrogens (tertiary/aromatic N) is 1. The lowest BCUT2D eigenvalue weighted by atomic mass is 9.99. The van der Waals surface area contributed by atoms with Gasteiger partial charge in [-0.15, -0.1) is 0 Å². The van der Waals surface area contributed by atoms with Crippen molar-refractivity contribution in [2.45, 2.75) is 19.0 Å². The van der Waals surface area contributed by atoms with Gasteiger partial charge in [-0.25, -0.2) is 9.59 Å². The van der Waals surface area contributed by atoms with Crippen LogP contribution in [0.2, 0.25) is 5.02 Å². The molecule has 0 radical (unpaired) electrons. The summed E-state index contributed by atoms with van der Waals surface area (Å²) in [6, 6.07) is 20.5. The molecular weight excluding hydrogens is 512 g/mol. The number of aliphatic carboxylic acids is 1. The average molecular weight is 539 g/mol. The molecule has 1 atom stereocenters. The number of rotatable bonds is 10. The second-order valence-electron chi connectivity index (χ2n) is 8.35. The molecule has 2 N–H and O–H groups in total. The van der Waals surface area contributed by atoms with Crippen molar-refractivity contribution in [3.8, 4) is 11.1 Å². The Morgan fingerprint density at radius 1 is 0.868 bits per heavy atom. The summed E-state index contributed by atoms with van der Waals surface area (Å²) in [4.78, 5) is 49.0. The van der Waals surface area contributed by atoms with E-state index in [2.05, 4.69) is 10.1 Å². The number of hydrogen-bond acceptors (Lipinski definition) is 6. The van der Waals surface area contributed by atoms with Crippen molar-refractivity contribution in [2.24, 2.45) is 0 Å². The van der Waals surface area contributed by atoms with Crippen molar-refractivity contribution in [1.82, 2.24) is 10.2 Å². The number of carbonyl (C=O) groups excluding carboxylic acids is 3. The Balaban J connectivity index is 1.69. The van der Waals surface area contributed by atoms with E-state index < -0.39 is 36.5 Å².